The highest BCUT2D eigenvalue weighted by Gasteiger charge is 2.13. The average molecular weight is 408 g/mol. The van der Waals surface area contributed by atoms with Crippen molar-refractivity contribution >= 4 is 23.3 Å². The minimum Gasteiger partial charge on any atom is -0.497 e. The number of aromatic amines is 1. The van der Waals surface area contributed by atoms with E-state index < -0.39 is 0 Å². The minimum atomic E-state index is -0.311. The molecule has 146 valence electrons. The molecule has 1 amide bonds. The molecule has 4 aromatic rings. The molecule has 0 saturated carbocycles. The normalized spacial score (nSPS) is 10.7. The summed E-state index contributed by atoms with van der Waals surface area (Å²) < 4.78 is 6.90. The third kappa shape index (κ3) is 4.47. The Morgan fingerprint density at radius 3 is 2.62 bits per heavy atom. The third-order valence-electron chi connectivity index (χ3n) is 4.35. The molecule has 0 atom stereocenters. The molecule has 7 nitrogen and oxygen atoms in total. The lowest BCUT2D eigenvalue weighted by Crippen LogP contribution is -2.13. The molecule has 0 fully saturated rings. The number of methoxy groups -OCH3 is 1. The molecule has 29 heavy (non-hydrogen) atoms. The van der Waals surface area contributed by atoms with Crippen LogP contribution in [0.1, 0.15) is 16.1 Å². The van der Waals surface area contributed by atoms with E-state index in [0.717, 1.165) is 16.9 Å². The lowest BCUT2D eigenvalue weighted by atomic mass is 10.1. The van der Waals surface area contributed by atoms with Gasteiger partial charge in [0.25, 0.3) is 5.91 Å². The quantitative estimate of drug-likeness (QED) is 0.500. The topological polar surface area (TPSA) is 84.8 Å². The summed E-state index contributed by atoms with van der Waals surface area (Å²) in [5.41, 5.74) is 2.97. The number of carbonyl (C=O) groups is 1. The molecule has 0 bridgehead atoms. The van der Waals surface area contributed by atoms with Crippen molar-refractivity contribution in [1.29, 1.82) is 0 Å². The van der Waals surface area contributed by atoms with Crippen molar-refractivity contribution in [1.82, 2.24) is 20.0 Å². The summed E-state index contributed by atoms with van der Waals surface area (Å²) in [6.07, 6.45) is 1.81. The smallest absolute Gasteiger partial charge is 0.274 e. The molecule has 2 N–H and O–H groups in total. The number of rotatable bonds is 6. The van der Waals surface area contributed by atoms with E-state index in [1.165, 1.54) is 0 Å². The van der Waals surface area contributed by atoms with Gasteiger partial charge in [0.2, 0.25) is 0 Å². The summed E-state index contributed by atoms with van der Waals surface area (Å²) in [5.74, 6) is 0.912. The first kappa shape index (κ1) is 18.8. The molecule has 0 aliphatic rings. The molecule has 0 radical (unpaired) electrons. The van der Waals surface area contributed by atoms with E-state index in [0.29, 0.717) is 28.8 Å². The Morgan fingerprint density at radius 1 is 1.14 bits per heavy atom. The second-order valence-corrected chi connectivity index (χ2v) is 6.81. The van der Waals surface area contributed by atoms with Crippen molar-refractivity contribution in [3.8, 4) is 17.0 Å². The van der Waals surface area contributed by atoms with Crippen LogP contribution in [0.3, 0.4) is 0 Å². The molecule has 8 heteroatoms. The van der Waals surface area contributed by atoms with Crippen LogP contribution < -0.4 is 10.1 Å². The van der Waals surface area contributed by atoms with Crippen molar-refractivity contribution < 1.29 is 9.53 Å². The zero-order valence-corrected chi connectivity index (χ0v) is 16.3. The van der Waals surface area contributed by atoms with Crippen molar-refractivity contribution in [2.24, 2.45) is 0 Å². The van der Waals surface area contributed by atoms with Gasteiger partial charge >= 0.3 is 0 Å². The van der Waals surface area contributed by atoms with Crippen molar-refractivity contribution in [2.45, 2.75) is 6.54 Å². The Kier molecular flexibility index (Phi) is 5.31. The van der Waals surface area contributed by atoms with Crippen LogP contribution >= 0.6 is 11.6 Å². The summed E-state index contributed by atoms with van der Waals surface area (Å²) in [4.78, 5) is 12.5. The fourth-order valence-electron chi connectivity index (χ4n) is 2.82. The monoisotopic (exact) mass is 407 g/mol. The summed E-state index contributed by atoms with van der Waals surface area (Å²) >= 11 is 5.91. The van der Waals surface area contributed by atoms with E-state index in [2.05, 4.69) is 20.6 Å². The number of aromatic nitrogens is 4. The number of amides is 1. The molecule has 0 spiro atoms. The fourth-order valence-corrected chi connectivity index (χ4v) is 2.95. The van der Waals surface area contributed by atoms with Crippen LogP contribution in [0.5, 0.6) is 5.75 Å². The summed E-state index contributed by atoms with van der Waals surface area (Å²) in [7, 11) is 1.61. The van der Waals surface area contributed by atoms with E-state index in [4.69, 9.17) is 16.3 Å². The zero-order valence-electron chi connectivity index (χ0n) is 15.6. The zero-order chi connectivity index (χ0) is 20.2. The first-order chi connectivity index (χ1) is 14.1. The number of benzene rings is 2. The van der Waals surface area contributed by atoms with Crippen LogP contribution in [0, 0.1) is 0 Å². The number of nitrogens with zero attached hydrogens (tertiary/aromatic N) is 3. The van der Waals surface area contributed by atoms with E-state index >= 15 is 0 Å². The molecule has 4 rings (SSSR count). The molecule has 0 aliphatic carbocycles. The molecule has 0 saturated heterocycles. The maximum absolute atomic E-state index is 12.5. The summed E-state index contributed by atoms with van der Waals surface area (Å²) in [6, 6.07) is 18.4. The predicted octanol–water partition coefficient (Wildman–Crippen LogP) is 4.24. The first-order valence-corrected chi connectivity index (χ1v) is 9.27. The Morgan fingerprint density at radius 2 is 1.90 bits per heavy atom. The van der Waals surface area contributed by atoms with Gasteiger partial charge in [0.1, 0.15) is 11.4 Å². The predicted molar refractivity (Wildman–Crippen MR) is 111 cm³/mol. The number of hydrogen-bond donors (Lipinski definition) is 2. The summed E-state index contributed by atoms with van der Waals surface area (Å²) in [5, 5.41) is 14.8. The maximum atomic E-state index is 12.5. The Bertz CT molecular complexity index is 1120. The average Bonchev–Trinajstić information content (AvgIpc) is 3.40. The van der Waals surface area contributed by atoms with Gasteiger partial charge in [0, 0.05) is 22.8 Å². The van der Waals surface area contributed by atoms with Gasteiger partial charge in [-0.15, -0.1) is 0 Å². The number of H-pyrrole nitrogens is 1. The highest BCUT2D eigenvalue weighted by molar-refractivity contribution is 6.30. The lowest BCUT2D eigenvalue weighted by molar-refractivity contribution is 0.102. The van der Waals surface area contributed by atoms with Crippen LogP contribution in [-0.4, -0.2) is 33.0 Å². The highest BCUT2D eigenvalue weighted by Crippen LogP contribution is 2.21. The van der Waals surface area contributed by atoms with Crippen LogP contribution in [0.2, 0.25) is 5.02 Å². The van der Waals surface area contributed by atoms with Gasteiger partial charge in [0.05, 0.1) is 19.3 Å². The van der Waals surface area contributed by atoms with Crippen molar-refractivity contribution in [3.05, 3.63) is 83.1 Å². The second-order valence-electron chi connectivity index (χ2n) is 6.37. The standard InChI is InChI=1S/C21H18ClN5O2/c1-29-17-8-4-15(5-9-17)18-12-19(25-24-18)21(28)23-20-10-11-27(26-20)13-14-2-6-16(22)7-3-14/h2-12H,13H2,1H3,(H,24,25)(H,23,26,28). The lowest BCUT2D eigenvalue weighted by Gasteiger charge is -2.02. The Hall–Kier alpha value is -3.58. The van der Waals surface area contributed by atoms with Gasteiger partial charge in [-0.3, -0.25) is 14.6 Å². The van der Waals surface area contributed by atoms with Gasteiger partial charge in [-0.2, -0.15) is 10.2 Å². The highest BCUT2D eigenvalue weighted by atomic mass is 35.5. The van der Waals surface area contributed by atoms with Crippen LogP contribution in [0.4, 0.5) is 5.82 Å². The third-order valence-corrected chi connectivity index (χ3v) is 4.60. The fraction of sp³-hybridized carbons (Fsp3) is 0.0952. The molecular weight excluding hydrogens is 390 g/mol. The number of carbonyl (C=O) groups excluding carboxylic acids is 1. The molecule has 2 aromatic carbocycles. The summed E-state index contributed by atoms with van der Waals surface area (Å²) in [6.45, 7) is 0.582. The van der Waals surface area contributed by atoms with E-state index in [1.54, 1.807) is 30.1 Å². The number of nitrogens with one attached hydrogen (secondary N) is 2. The molecular formula is C21H18ClN5O2. The molecule has 2 aromatic heterocycles. The van der Waals surface area contributed by atoms with Crippen LogP contribution in [-0.2, 0) is 6.54 Å². The Labute approximate surface area is 172 Å². The number of hydrogen-bond acceptors (Lipinski definition) is 4. The van der Waals surface area contributed by atoms with Gasteiger partial charge < -0.3 is 10.1 Å². The van der Waals surface area contributed by atoms with Crippen molar-refractivity contribution in [2.75, 3.05) is 12.4 Å². The maximum Gasteiger partial charge on any atom is 0.274 e. The van der Waals surface area contributed by atoms with Crippen LogP contribution in [0.25, 0.3) is 11.3 Å². The van der Waals surface area contributed by atoms with Crippen LogP contribution in [0.15, 0.2) is 66.9 Å². The van der Waals surface area contributed by atoms with Gasteiger partial charge in [-0.05, 0) is 48.0 Å². The SMILES string of the molecule is COc1ccc(-c2cc(C(=O)Nc3ccn(Cc4ccc(Cl)cc4)n3)[nH]n2)cc1. The number of ether oxygens (including phenoxy) is 1. The molecule has 0 unspecified atom stereocenters. The minimum absolute atomic E-state index is 0.311. The van der Waals surface area contributed by atoms with Gasteiger partial charge in [-0.1, -0.05) is 23.7 Å². The van der Waals surface area contributed by atoms with E-state index in [9.17, 15) is 4.79 Å². The largest absolute Gasteiger partial charge is 0.497 e. The first-order valence-electron chi connectivity index (χ1n) is 8.90. The van der Waals surface area contributed by atoms with Gasteiger partial charge in [-0.25, -0.2) is 0 Å². The van der Waals surface area contributed by atoms with E-state index in [-0.39, 0.29) is 5.91 Å². The number of anilines is 1. The van der Waals surface area contributed by atoms with Crippen molar-refractivity contribution in [3.63, 3.8) is 0 Å². The van der Waals surface area contributed by atoms with Gasteiger partial charge in [0.15, 0.2) is 5.82 Å². The Balaban J connectivity index is 1.41. The second kappa shape index (κ2) is 8.20. The molecule has 2 heterocycles. The van der Waals surface area contributed by atoms with E-state index in [1.807, 2.05) is 48.5 Å². The molecule has 0 aliphatic heterocycles. The number of halogens is 1.